The van der Waals surface area contributed by atoms with E-state index < -0.39 is 0 Å². The zero-order valence-corrected chi connectivity index (χ0v) is 8.72. The Morgan fingerprint density at radius 3 is 3.00 bits per heavy atom. The van der Waals surface area contributed by atoms with Crippen LogP contribution in [0.3, 0.4) is 0 Å². The van der Waals surface area contributed by atoms with Gasteiger partial charge in [-0.05, 0) is 17.7 Å². The lowest BCUT2D eigenvalue weighted by Gasteiger charge is -2.06. The largest absolute Gasteiger partial charge is 0.326 e. The van der Waals surface area contributed by atoms with E-state index >= 15 is 0 Å². The topological polar surface area (TPSA) is 56.7 Å². The van der Waals surface area contributed by atoms with Crippen molar-refractivity contribution >= 4 is 0 Å². The molecule has 0 aliphatic heterocycles. The molecule has 4 heteroatoms. The summed E-state index contributed by atoms with van der Waals surface area (Å²) in [4.78, 5) is 0. The molecule has 0 spiro atoms. The van der Waals surface area contributed by atoms with Gasteiger partial charge in [-0.2, -0.15) is 0 Å². The van der Waals surface area contributed by atoms with Crippen molar-refractivity contribution in [3.05, 3.63) is 42.0 Å². The molecular weight excluding hydrogens is 188 g/mol. The van der Waals surface area contributed by atoms with Crippen LogP contribution in [0.4, 0.5) is 0 Å². The molecule has 1 heterocycles. The van der Waals surface area contributed by atoms with Gasteiger partial charge in [0.15, 0.2) is 0 Å². The van der Waals surface area contributed by atoms with Crippen LogP contribution in [-0.4, -0.2) is 14.8 Å². The Labute approximate surface area is 88.8 Å². The zero-order valence-electron chi connectivity index (χ0n) is 8.72. The molecule has 0 radical (unpaired) electrons. The van der Waals surface area contributed by atoms with Crippen molar-refractivity contribution in [3.63, 3.8) is 0 Å². The lowest BCUT2D eigenvalue weighted by atomic mass is 10.2. The Hall–Kier alpha value is -1.68. The summed E-state index contributed by atoms with van der Waals surface area (Å²) in [6.07, 6.45) is 2.60. The van der Waals surface area contributed by atoms with Gasteiger partial charge in [-0.3, -0.25) is 4.57 Å². The van der Waals surface area contributed by atoms with Crippen LogP contribution in [0, 0.1) is 0 Å². The molecule has 0 saturated carbocycles. The molecule has 2 aromatic rings. The summed E-state index contributed by atoms with van der Waals surface area (Å²) in [5.74, 6) is 0.962. The summed E-state index contributed by atoms with van der Waals surface area (Å²) in [5.41, 5.74) is 7.79. The predicted octanol–water partition coefficient (Wildman–Crippen LogP) is 1.29. The van der Waals surface area contributed by atoms with Gasteiger partial charge in [-0.1, -0.05) is 19.1 Å². The first-order valence-corrected chi connectivity index (χ1v) is 5.03. The van der Waals surface area contributed by atoms with Crippen LogP contribution in [0.5, 0.6) is 0 Å². The number of nitrogens with zero attached hydrogens (tertiary/aromatic N) is 3. The number of hydrogen-bond acceptors (Lipinski definition) is 3. The van der Waals surface area contributed by atoms with E-state index in [1.165, 1.54) is 0 Å². The molecule has 2 rings (SSSR count). The Balaban J connectivity index is 2.44. The lowest BCUT2D eigenvalue weighted by molar-refractivity contribution is 0.880. The Morgan fingerprint density at radius 2 is 2.27 bits per heavy atom. The van der Waals surface area contributed by atoms with Crippen LogP contribution in [-0.2, 0) is 13.0 Å². The molecule has 1 aromatic carbocycles. The Bertz CT molecular complexity index is 447. The molecule has 78 valence electrons. The SMILES string of the molecule is CCc1nncn1-c1cccc(CN)c1. The van der Waals surface area contributed by atoms with E-state index in [0.29, 0.717) is 6.54 Å². The summed E-state index contributed by atoms with van der Waals surface area (Å²) in [6, 6.07) is 8.10. The monoisotopic (exact) mass is 202 g/mol. The van der Waals surface area contributed by atoms with Crippen LogP contribution in [0.15, 0.2) is 30.6 Å². The molecule has 4 nitrogen and oxygen atoms in total. The molecule has 0 bridgehead atoms. The predicted molar refractivity (Wildman–Crippen MR) is 58.6 cm³/mol. The maximum absolute atomic E-state index is 5.60. The van der Waals surface area contributed by atoms with Crippen LogP contribution in [0.2, 0.25) is 0 Å². The van der Waals surface area contributed by atoms with Crippen molar-refractivity contribution < 1.29 is 0 Å². The third-order valence-corrected chi connectivity index (χ3v) is 2.36. The van der Waals surface area contributed by atoms with Gasteiger partial charge < -0.3 is 5.73 Å². The molecule has 0 unspecified atom stereocenters. The van der Waals surface area contributed by atoms with Crippen molar-refractivity contribution in [3.8, 4) is 5.69 Å². The minimum atomic E-state index is 0.553. The average Bonchev–Trinajstić information content (AvgIpc) is 2.77. The van der Waals surface area contributed by atoms with Gasteiger partial charge in [0.25, 0.3) is 0 Å². The highest BCUT2D eigenvalue weighted by Gasteiger charge is 2.03. The third kappa shape index (κ3) is 1.89. The van der Waals surface area contributed by atoms with E-state index in [-0.39, 0.29) is 0 Å². The average molecular weight is 202 g/mol. The first-order chi connectivity index (χ1) is 7.35. The fraction of sp³-hybridized carbons (Fsp3) is 0.273. The van der Waals surface area contributed by atoms with E-state index in [9.17, 15) is 0 Å². The number of hydrogen-bond donors (Lipinski definition) is 1. The minimum Gasteiger partial charge on any atom is -0.326 e. The van der Waals surface area contributed by atoms with Crippen molar-refractivity contribution in [2.24, 2.45) is 5.73 Å². The van der Waals surface area contributed by atoms with Gasteiger partial charge in [0.05, 0.1) is 0 Å². The molecule has 0 amide bonds. The first-order valence-electron chi connectivity index (χ1n) is 5.03. The molecule has 2 N–H and O–H groups in total. The number of rotatable bonds is 3. The van der Waals surface area contributed by atoms with Crippen LogP contribution >= 0.6 is 0 Å². The van der Waals surface area contributed by atoms with Crippen LogP contribution in [0.1, 0.15) is 18.3 Å². The van der Waals surface area contributed by atoms with Gasteiger partial charge in [0.2, 0.25) is 0 Å². The van der Waals surface area contributed by atoms with E-state index in [1.54, 1.807) is 6.33 Å². The number of nitrogens with two attached hydrogens (primary N) is 1. The quantitative estimate of drug-likeness (QED) is 0.815. The second kappa shape index (κ2) is 4.23. The summed E-state index contributed by atoms with van der Waals surface area (Å²) in [5, 5.41) is 7.95. The smallest absolute Gasteiger partial charge is 0.137 e. The summed E-state index contributed by atoms with van der Waals surface area (Å²) in [6.45, 7) is 2.62. The highest BCUT2D eigenvalue weighted by Crippen LogP contribution is 2.12. The number of benzene rings is 1. The molecule has 0 atom stereocenters. The zero-order chi connectivity index (χ0) is 10.7. The second-order valence-electron chi connectivity index (χ2n) is 3.34. The Kier molecular flexibility index (Phi) is 2.78. The normalized spacial score (nSPS) is 10.5. The fourth-order valence-electron chi connectivity index (χ4n) is 1.55. The molecule has 1 aromatic heterocycles. The van der Waals surface area contributed by atoms with Gasteiger partial charge in [0.1, 0.15) is 12.2 Å². The van der Waals surface area contributed by atoms with Crippen molar-refractivity contribution in [2.45, 2.75) is 19.9 Å². The maximum atomic E-state index is 5.60. The molecule has 15 heavy (non-hydrogen) atoms. The second-order valence-corrected chi connectivity index (χ2v) is 3.34. The van der Waals surface area contributed by atoms with Crippen molar-refractivity contribution in [2.75, 3.05) is 0 Å². The summed E-state index contributed by atoms with van der Waals surface area (Å²) < 4.78 is 1.99. The molecule has 0 fully saturated rings. The van der Waals surface area contributed by atoms with E-state index in [1.807, 2.05) is 22.8 Å². The van der Waals surface area contributed by atoms with Crippen molar-refractivity contribution in [1.29, 1.82) is 0 Å². The molecule has 0 aliphatic rings. The van der Waals surface area contributed by atoms with Gasteiger partial charge >= 0.3 is 0 Å². The van der Waals surface area contributed by atoms with Crippen LogP contribution < -0.4 is 5.73 Å². The van der Waals surface area contributed by atoms with E-state index in [0.717, 1.165) is 23.5 Å². The minimum absolute atomic E-state index is 0.553. The lowest BCUT2D eigenvalue weighted by Crippen LogP contribution is -2.01. The highest BCUT2D eigenvalue weighted by atomic mass is 15.3. The Morgan fingerprint density at radius 1 is 1.40 bits per heavy atom. The van der Waals surface area contributed by atoms with Gasteiger partial charge in [-0.25, -0.2) is 0 Å². The highest BCUT2D eigenvalue weighted by molar-refractivity contribution is 5.36. The maximum Gasteiger partial charge on any atom is 0.137 e. The standard InChI is InChI=1S/C11H14N4/c1-2-11-14-13-8-15(11)10-5-3-4-9(6-10)7-12/h3-6,8H,2,7,12H2,1H3. The number of aromatic nitrogens is 3. The van der Waals surface area contributed by atoms with Gasteiger partial charge in [-0.15, -0.1) is 10.2 Å². The number of aryl methyl sites for hydroxylation is 1. The first kappa shape index (κ1) is 9.86. The fourth-order valence-corrected chi connectivity index (χ4v) is 1.55. The molecular formula is C11H14N4. The van der Waals surface area contributed by atoms with E-state index in [4.69, 9.17) is 5.73 Å². The van der Waals surface area contributed by atoms with Crippen molar-refractivity contribution in [1.82, 2.24) is 14.8 Å². The van der Waals surface area contributed by atoms with Crippen LogP contribution in [0.25, 0.3) is 5.69 Å². The summed E-state index contributed by atoms with van der Waals surface area (Å²) in [7, 11) is 0. The molecule has 0 saturated heterocycles. The summed E-state index contributed by atoms with van der Waals surface area (Å²) >= 11 is 0. The van der Waals surface area contributed by atoms with Gasteiger partial charge in [0, 0.05) is 18.7 Å². The van der Waals surface area contributed by atoms with E-state index in [2.05, 4.69) is 23.2 Å². The molecule has 0 aliphatic carbocycles. The third-order valence-electron chi connectivity index (χ3n) is 2.36.